The minimum atomic E-state index is -0.101. The molecule has 0 spiro atoms. The van der Waals surface area contributed by atoms with Crippen LogP contribution in [0.5, 0.6) is 0 Å². The van der Waals surface area contributed by atoms with Crippen molar-refractivity contribution in [1.29, 1.82) is 0 Å². The Kier molecular flexibility index (Phi) is 7.29. The highest BCUT2D eigenvalue weighted by Crippen LogP contribution is 2.19. The third-order valence-corrected chi connectivity index (χ3v) is 3.55. The summed E-state index contributed by atoms with van der Waals surface area (Å²) in [6, 6.07) is 7.19. The summed E-state index contributed by atoms with van der Waals surface area (Å²) in [5, 5.41) is 3.44. The van der Waals surface area contributed by atoms with Gasteiger partial charge in [0.15, 0.2) is 0 Å². The van der Waals surface area contributed by atoms with Gasteiger partial charge in [0.2, 0.25) is 0 Å². The van der Waals surface area contributed by atoms with Crippen LogP contribution in [0, 0.1) is 5.82 Å². The number of hydrogen-bond acceptors (Lipinski definition) is 2. The van der Waals surface area contributed by atoms with Crippen molar-refractivity contribution in [2.45, 2.75) is 32.2 Å². The van der Waals surface area contributed by atoms with E-state index >= 15 is 0 Å². The molecule has 0 bridgehead atoms. The first-order chi connectivity index (χ1) is 8.29. The van der Waals surface area contributed by atoms with Gasteiger partial charge in [-0.1, -0.05) is 25.1 Å². The van der Waals surface area contributed by atoms with Gasteiger partial charge in [-0.05, 0) is 43.9 Å². The first kappa shape index (κ1) is 14.5. The van der Waals surface area contributed by atoms with E-state index in [1.807, 2.05) is 23.9 Å². The van der Waals surface area contributed by atoms with E-state index in [9.17, 15) is 4.39 Å². The van der Waals surface area contributed by atoms with Crippen LogP contribution in [0.2, 0.25) is 0 Å². The molecule has 1 aromatic carbocycles. The average Bonchev–Trinajstić information content (AvgIpc) is 2.35. The van der Waals surface area contributed by atoms with Crippen LogP contribution in [0.25, 0.3) is 0 Å². The van der Waals surface area contributed by atoms with Gasteiger partial charge in [0.25, 0.3) is 0 Å². The molecule has 0 aliphatic heterocycles. The molecule has 0 heterocycles. The summed E-state index contributed by atoms with van der Waals surface area (Å²) in [7, 11) is 0. The Bertz CT molecular complexity index is 317. The predicted octanol–water partition coefficient (Wildman–Crippen LogP) is 4.01. The number of hydrogen-bond donors (Lipinski definition) is 1. The number of thioether (sulfide) groups is 1. The van der Waals surface area contributed by atoms with Gasteiger partial charge in [0.1, 0.15) is 5.82 Å². The SMILES string of the molecule is CCC(NCCCCSC)c1ccccc1F. The van der Waals surface area contributed by atoms with E-state index in [0.29, 0.717) is 0 Å². The van der Waals surface area contributed by atoms with Crippen LogP contribution in [0.15, 0.2) is 24.3 Å². The standard InChI is InChI=1S/C14H22FNS/c1-3-14(16-10-6-7-11-17-2)12-8-4-5-9-13(12)15/h4-5,8-9,14,16H,3,6-7,10-11H2,1-2H3. The average molecular weight is 255 g/mol. The molecule has 1 atom stereocenters. The number of unbranched alkanes of at least 4 members (excludes halogenated alkanes) is 1. The van der Waals surface area contributed by atoms with Crippen LogP contribution in [0.1, 0.15) is 37.8 Å². The highest BCUT2D eigenvalue weighted by molar-refractivity contribution is 7.98. The molecule has 0 radical (unpaired) electrons. The van der Waals surface area contributed by atoms with Crippen molar-refractivity contribution < 1.29 is 4.39 Å². The molecule has 1 nitrogen and oxygen atoms in total. The van der Waals surface area contributed by atoms with Crippen LogP contribution in [0.4, 0.5) is 4.39 Å². The van der Waals surface area contributed by atoms with Gasteiger partial charge in [-0.15, -0.1) is 0 Å². The minimum absolute atomic E-state index is 0.101. The van der Waals surface area contributed by atoms with E-state index in [2.05, 4.69) is 18.5 Å². The Morgan fingerprint density at radius 1 is 1.29 bits per heavy atom. The maximum absolute atomic E-state index is 13.6. The highest BCUT2D eigenvalue weighted by atomic mass is 32.2. The number of rotatable bonds is 8. The highest BCUT2D eigenvalue weighted by Gasteiger charge is 2.11. The molecule has 17 heavy (non-hydrogen) atoms. The summed E-state index contributed by atoms with van der Waals surface area (Å²) in [5.41, 5.74) is 0.792. The van der Waals surface area contributed by atoms with Gasteiger partial charge >= 0.3 is 0 Å². The summed E-state index contributed by atoms with van der Waals surface area (Å²) in [4.78, 5) is 0. The minimum Gasteiger partial charge on any atom is -0.310 e. The van der Waals surface area contributed by atoms with Crippen molar-refractivity contribution >= 4 is 11.8 Å². The van der Waals surface area contributed by atoms with Crippen molar-refractivity contribution in [3.05, 3.63) is 35.6 Å². The molecule has 0 saturated carbocycles. The van der Waals surface area contributed by atoms with Crippen molar-refractivity contribution in [3.63, 3.8) is 0 Å². The molecule has 0 aliphatic carbocycles. The Hall–Kier alpha value is -0.540. The lowest BCUT2D eigenvalue weighted by Crippen LogP contribution is -2.22. The molecule has 0 amide bonds. The zero-order chi connectivity index (χ0) is 12.5. The van der Waals surface area contributed by atoms with Gasteiger partial charge in [-0.3, -0.25) is 0 Å². The second-order valence-electron chi connectivity index (χ2n) is 4.14. The first-order valence-electron chi connectivity index (χ1n) is 6.26. The fourth-order valence-electron chi connectivity index (χ4n) is 1.88. The molecule has 1 rings (SSSR count). The first-order valence-corrected chi connectivity index (χ1v) is 7.65. The summed E-state index contributed by atoms with van der Waals surface area (Å²) < 4.78 is 13.6. The lowest BCUT2D eigenvalue weighted by atomic mass is 10.0. The van der Waals surface area contributed by atoms with Crippen molar-refractivity contribution in [3.8, 4) is 0 Å². The third-order valence-electron chi connectivity index (χ3n) is 2.85. The van der Waals surface area contributed by atoms with Crippen LogP contribution in [-0.4, -0.2) is 18.6 Å². The van der Waals surface area contributed by atoms with Gasteiger partial charge < -0.3 is 5.32 Å². The van der Waals surface area contributed by atoms with E-state index < -0.39 is 0 Å². The number of nitrogens with one attached hydrogen (secondary N) is 1. The zero-order valence-electron chi connectivity index (χ0n) is 10.7. The van der Waals surface area contributed by atoms with Gasteiger partial charge in [0.05, 0.1) is 0 Å². The Morgan fingerprint density at radius 3 is 2.71 bits per heavy atom. The Morgan fingerprint density at radius 2 is 2.06 bits per heavy atom. The molecule has 1 aromatic rings. The van der Waals surface area contributed by atoms with Crippen LogP contribution in [-0.2, 0) is 0 Å². The van der Waals surface area contributed by atoms with E-state index in [1.54, 1.807) is 6.07 Å². The van der Waals surface area contributed by atoms with Gasteiger partial charge in [0, 0.05) is 11.6 Å². The summed E-state index contributed by atoms with van der Waals surface area (Å²) in [5.74, 6) is 1.11. The molecular weight excluding hydrogens is 233 g/mol. The van der Waals surface area contributed by atoms with E-state index in [1.165, 1.54) is 18.2 Å². The second kappa shape index (κ2) is 8.54. The van der Waals surface area contributed by atoms with Crippen molar-refractivity contribution in [2.24, 2.45) is 0 Å². The number of halogens is 1. The van der Waals surface area contributed by atoms with Crippen LogP contribution in [0.3, 0.4) is 0 Å². The van der Waals surface area contributed by atoms with Gasteiger partial charge in [-0.25, -0.2) is 4.39 Å². The molecule has 3 heteroatoms. The molecule has 0 aromatic heterocycles. The zero-order valence-corrected chi connectivity index (χ0v) is 11.5. The summed E-state index contributed by atoms with van der Waals surface area (Å²) >= 11 is 1.88. The monoisotopic (exact) mass is 255 g/mol. The van der Waals surface area contributed by atoms with E-state index in [-0.39, 0.29) is 11.9 Å². The summed E-state index contributed by atoms with van der Waals surface area (Å²) in [6.45, 7) is 3.05. The Labute approximate surface area is 108 Å². The van der Waals surface area contributed by atoms with E-state index in [0.717, 1.165) is 24.9 Å². The van der Waals surface area contributed by atoms with Crippen LogP contribution < -0.4 is 5.32 Å². The normalized spacial score (nSPS) is 12.6. The molecule has 0 fully saturated rings. The van der Waals surface area contributed by atoms with Crippen LogP contribution >= 0.6 is 11.8 Å². The largest absolute Gasteiger partial charge is 0.310 e. The smallest absolute Gasteiger partial charge is 0.127 e. The van der Waals surface area contributed by atoms with E-state index in [4.69, 9.17) is 0 Å². The van der Waals surface area contributed by atoms with Crippen molar-refractivity contribution in [1.82, 2.24) is 5.32 Å². The maximum Gasteiger partial charge on any atom is 0.127 e. The molecular formula is C14H22FNS. The van der Waals surface area contributed by atoms with Crippen molar-refractivity contribution in [2.75, 3.05) is 18.6 Å². The number of benzene rings is 1. The predicted molar refractivity (Wildman–Crippen MR) is 75.1 cm³/mol. The molecule has 1 N–H and O–H groups in total. The fourth-order valence-corrected chi connectivity index (χ4v) is 2.37. The lowest BCUT2D eigenvalue weighted by Gasteiger charge is -2.18. The maximum atomic E-state index is 13.6. The summed E-state index contributed by atoms with van der Waals surface area (Å²) in [6.07, 6.45) is 5.43. The molecule has 0 saturated heterocycles. The topological polar surface area (TPSA) is 12.0 Å². The molecule has 0 aliphatic rings. The fraction of sp³-hybridized carbons (Fsp3) is 0.571. The van der Waals surface area contributed by atoms with Gasteiger partial charge in [-0.2, -0.15) is 11.8 Å². The molecule has 1 unspecified atom stereocenters. The quantitative estimate of drug-likeness (QED) is 0.704. The Balaban J connectivity index is 2.41. The second-order valence-corrected chi connectivity index (χ2v) is 5.12. The third kappa shape index (κ3) is 5.09. The molecule has 96 valence electrons. The lowest BCUT2D eigenvalue weighted by molar-refractivity contribution is 0.482.